The second kappa shape index (κ2) is 13.9. The largest absolute Gasteiger partial charge is 0.493 e. The zero-order chi connectivity index (χ0) is 30.2. The maximum Gasteiger partial charge on any atom is 0.303 e. The summed E-state index contributed by atoms with van der Waals surface area (Å²) in [6.07, 6.45) is 0.408. The van der Waals surface area contributed by atoms with Gasteiger partial charge in [0.2, 0.25) is 6.79 Å². The molecular weight excluding hydrogens is 556 g/mol. The first-order valence-electron chi connectivity index (χ1n) is 14.2. The van der Waals surface area contributed by atoms with Gasteiger partial charge < -0.3 is 39.4 Å². The number of hydrogen-bond acceptors (Lipinski definition) is 8. The van der Waals surface area contributed by atoms with Crippen LogP contribution >= 0.6 is 0 Å². The Hall–Kier alpha value is -4.77. The molecule has 3 N–H and O–H groups in total. The van der Waals surface area contributed by atoms with Crippen molar-refractivity contribution in [2.24, 2.45) is 0 Å². The van der Waals surface area contributed by atoms with Crippen LogP contribution in [0.5, 0.6) is 23.0 Å². The molecule has 0 radical (unpaired) electrons. The van der Waals surface area contributed by atoms with Gasteiger partial charge in [0.05, 0.1) is 6.61 Å². The minimum atomic E-state index is -0.944. The summed E-state index contributed by atoms with van der Waals surface area (Å²) in [5.41, 5.74) is 3.53. The molecule has 0 spiro atoms. The van der Waals surface area contributed by atoms with E-state index < -0.39 is 11.9 Å². The maximum absolute atomic E-state index is 13.5. The molecule has 2 aliphatic rings. The number of carboxylic acid groups (broad SMARTS) is 2. The van der Waals surface area contributed by atoms with E-state index >= 15 is 0 Å². The first-order valence-corrected chi connectivity index (χ1v) is 14.2. The number of rotatable bonds is 13. The third-order valence-electron chi connectivity index (χ3n) is 7.27. The number of hydrogen-bond donors (Lipinski definition) is 3. The Morgan fingerprint density at radius 3 is 2.44 bits per heavy atom. The third-order valence-corrected chi connectivity index (χ3v) is 7.27. The predicted octanol–water partition coefficient (Wildman–Crippen LogP) is 3.97. The van der Waals surface area contributed by atoms with E-state index in [4.69, 9.17) is 24.1 Å². The lowest BCUT2D eigenvalue weighted by molar-refractivity contribution is -0.138. The van der Waals surface area contributed by atoms with Crippen LogP contribution in [0.3, 0.4) is 0 Å². The molecule has 226 valence electrons. The number of ether oxygens (including phenoxy) is 4. The SMILES string of the molecule is O=C(O)CCCOc1cccc(COc2cc(C(=O)N3CCNCC3)cc(-c3ccc4c(c3)OCO4)c2)c1CCC(=O)O. The molecule has 2 heterocycles. The minimum absolute atomic E-state index is 0.0258. The first-order chi connectivity index (χ1) is 20.9. The number of benzene rings is 3. The Labute approximate surface area is 248 Å². The van der Waals surface area contributed by atoms with Gasteiger partial charge in [0.1, 0.15) is 18.1 Å². The van der Waals surface area contributed by atoms with Crippen molar-refractivity contribution in [2.45, 2.75) is 32.3 Å². The summed E-state index contributed by atoms with van der Waals surface area (Å²) in [7, 11) is 0. The quantitative estimate of drug-likeness (QED) is 0.250. The molecule has 3 aromatic carbocycles. The Bertz CT molecular complexity index is 1480. The fraction of sp³-hybridized carbons (Fsp3) is 0.344. The van der Waals surface area contributed by atoms with Crippen LogP contribution in [-0.4, -0.2) is 72.5 Å². The number of carbonyl (C=O) groups is 3. The lowest BCUT2D eigenvalue weighted by Crippen LogP contribution is -2.46. The number of nitrogens with one attached hydrogen (secondary N) is 1. The van der Waals surface area contributed by atoms with Crippen molar-refractivity contribution in [3.8, 4) is 34.1 Å². The molecule has 3 aromatic rings. The Kier molecular flexibility index (Phi) is 9.63. The maximum atomic E-state index is 13.5. The van der Waals surface area contributed by atoms with Crippen LogP contribution in [0.1, 0.15) is 40.7 Å². The van der Waals surface area contributed by atoms with Crippen molar-refractivity contribution in [3.05, 3.63) is 71.3 Å². The Balaban J connectivity index is 1.42. The minimum Gasteiger partial charge on any atom is -0.493 e. The van der Waals surface area contributed by atoms with Gasteiger partial charge in [0, 0.05) is 50.1 Å². The fourth-order valence-corrected chi connectivity index (χ4v) is 5.06. The molecule has 0 atom stereocenters. The van der Waals surface area contributed by atoms with E-state index in [0.29, 0.717) is 53.6 Å². The molecule has 1 fully saturated rings. The van der Waals surface area contributed by atoms with Crippen LogP contribution < -0.4 is 24.3 Å². The second-order valence-electron chi connectivity index (χ2n) is 10.3. The number of piperazine rings is 1. The van der Waals surface area contributed by atoms with Gasteiger partial charge in [-0.15, -0.1) is 0 Å². The first kappa shape index (κ1) is 29.7. The van der Waals surface area contributed by atoms with Gasteiger partial charge in [0.25, 0.3) is 5.91 Å². The van der Waals surface area contributed by atoms with Gasteiger partial charge in [-0.3, -0.25) is 14.4 Å². The summed E-state index contributed by atoms with van der Waals surface area (Å²) in [6.45, 7) is 3.11. The molecule has 2 aliphatic heterocycles. The molecule has 11 heteroatoms. The molecule has 0 aromatic heterocycles. The van der Waals surface area contributed by atoms with E-state index in [2.05, 4.69) is 5.32 Å². The number of nitrogens with zero attached hydrogens (tertiary/aromatic N) is 1. The average Bonchev–Trinajstić information content (AvgIpc) is 3.49. The number of carbonyl (C=O) groups excluding carboxylic acids is 1. The van der Waals surface area contributed by atoms with Gasteiger partial charge >= 0.3 is 11.9 Å². The van der Waals surface area contributed by atoms with E-state index in [1.165, 1.54) is 0 Å². The topological polar surface area (TPSA) is 144 Å². The summed E-state index contributed by atoms with van der Waals surface area (Å²) in [5, 5.41) is 21.5. The van der Waals surface area contributed by atoms with Crippen molar-refractivity contribution in [1.82, 2.24) is 10.2 Å². The smallest absolute Gasteiger partial charge is 0.303 e. The summed E-state index contributed by atoms with van der Waals surface area (Å²) >= 11 is 0. The van der Waals surface area contributed by atoms with Gasteiger partial charge in [-0.05, 0) is 65.9 Å². The number of fused-ring (bicyclic) bond motifs is 1. The zero-order valence-electron chi connectivity index (χ0n) is 23.7. The molecule has 0 saturated carbocycles. The molecule has 5 rings (SSSR count). The summed E-state index contributed by atoms with van der Waals surface area (Å²) in [4.78, 5) is 37.6. The van der Waals surface area contributed by atoms with Gasteiger partial charge in [-0.25, -0.2) is 0 Å². The monoisotopic (exact) mass is 590 g/mol. The molecule has 1 saturated heterocycles. The third kappa shape index (κ3) is 7.75. The van der Waals surface area contributed by atoms with Crippen molar-refractivity contribution >= 4 is 17.8 Å². The molecule has 0 unspecified atom stereocenters. The fourth-order valence-electron chi connectivity index (χ4n) is 5.06. The standard InChI is InChI=1S/C32H34N2O9/c35-30(36)5-2-14-40-27-4-1-3-22(26(27)7-9-31(37)38)19-41-25-16-23(21-6-8-28-29(18-21)43-20-42-28)15-24(17-25)32(39)34-12-10-33-11-13-34/h1,3-4,6,8,15-18,33H,2,5,7,9-14,19-20H2,(H,35,36)(H,37,38). The second-order valence-corrected chi connectivity index (χ2v) is 10.3. The lowest BCUT2D eigenvalue weighted by Gasteiger charge is -2.27. The van der Waals surface area contributed by atoms with Crippen LogP contribution in [0.4, 0.5) is 0 Å². The van der Waals surface area contributed by atoms with Crippen LogP contribution in [0, 0.1) is 0 Å². The van der Waals surface area contributed by atoms with E-state index in [-0.39, 0.29) is 45.2 Å². The van der Waals surface area contributed by atoms with Crippen LogP contribution in [0.15, 0.2) is 54.6 Å². The molecule has 0 bridgehead atoms. The summed E-state index contributed by atoms with van der Waals surface area (Å²) in [6, 6.07) is 16.4. The van der Waals surface area contributed by atoms with Crippen LogP contribution in [-0.2, 0) is 22.6 Å². The summed E-state index contributed by atoms with van der Waals surface area (Å²) < 4.78 is 23.1. The summed E-state index contributed by atoms with van der Waals surface area (Å²) in [5.74, 6) is 0.318. The van der Waals surface area contributed by atoms with Crippen molar-refractivity contribution in [2.75, 3.05) is 39.6 Å². The van der Waals surface area contributed by atoms with E-state index in [1.54, 1.807) is 18.2 Å². The van der Waals surface area contributed by atoms with Crippen molar-refractivity contribution < 1.29 is 43.5 Å². The van der Waals surface area contributed by atoms with Crippen LogP contribution in [0.2, 0.25) is 0 Å². The Morgan fingerprint density at radius 1 is 0.860 bits per heavy atom. The number of carboxylic acids is 2. The zero-order valence-corrected chi connectivity index (χ0v) is 23.7. The average molecular weight is 591 g/mol. The highest BCUT2D eigenvalue weighted by Crippen LogP contribution is 2.37. The highest BCUT2D eigenvalue weighted by molar-refractivity contribution is 5.96. The molecular formula is C32H34N2O9. The van der Waals surface area contributed by atoms with Crippen molar-refractivity contribution in [1.29, 1.82) is 0 Å². The van der Waals surface area contributed by atoms with Gasteiger partial charge in [-0.2, -0.15) is 0 Å². The van der Waals surface area contributed by atoms with Crippen LogP contribution in [0.25, 0.3) is 11.1 Å². The lowest BCUT2D eigenvalue weighted by atomic mass is 10.0. The van der Waals surface area contributed by atoms with Gasteiger partial charge in [-0.1, -0.05) is 18.2 Å². The molecule has 43 heavy (non-hydrogen) atoms. The highest BCUT2D eigenvalue weighted by atomic mass is 16.7. The highest BCUT2D eigenvalue weighted by Gasteiger charge is 2.21. The van der Waals surface area contributed by atoms with Gasteiger partial charge in [0.15, 0.2) is 11.5 Å². The van der Waals surface area contributed by atoms with E-state index in [1.807, 2.05) is 41.3 Å². The Morgan fingerprint density at radius 2 is 1.65 bits per heavy atom. The predicted molar refractivity (Wildman–Crippen MR) is 156 cm³/mol. The van der Waals surface area contributed by atoms with E-state index in [0.717, 1.165) is 29.8 Å². The normalized spacial score (nSPS) is 13.9. The molecule has 1 amide bonds. The van der Waals surface area contributed by atoms with E-state index in [9.17, 15) is 19.5 Å². The number of amides is 1. The number of aliphatic carboxylic acids is 2. The molecule has 0 aliphatic carbocycles. The van der Waals surface area contributed by atoms with Crippen molar-refractivity contribution in [3.63, 3.8) is 0 Å². The molecule has 11 nitrogen and oxygen atoms in total.